The fraction of sp³-hybridized carbons (Fsp3) is 0.429. The standard InChI is InChI=1S/C21H25N5O/c1-14-21(15(2)27-25-14)18-6-7-20(24-11-18)19-5-4-8-26(13-19)12-17-9-22-16(3)23-10-17/h6-7,9-11,19H,4-5,8,12-13H2,1-3H3/t19-/m1/s1. The molecule has 6 nitrogen and oxygen atoms in total. The minimum absolute atomic E-state index is 0.462. The Labute approximate surface area is 159 Å². The van der Waals surface area contributed by atoms with Gasteiger partial charge in [0, 0.05) is 60.0 Å². The average Bonchev–Trinajstić information content (AvgIpc) is 3.02. The van der Waals surface area contributed by atoms with Gasteiger partial charge in [0.15, 0.2) is 0 Å². The van der Waals surface area contributed by atoms with E-state index in [-0.39, 0.29) is 0 Å². The number of likely N-dealkylation sites (tertiary alicyclic amines) is 1. The molecule has 1 aliphatic rings. The normalized spacial score (nSPS) is 18.0. The summed E-state index contributed by atoms with van der Waals surface area (Å²) in [5.74, 6) is 2.12. The number of aryl methyl sites for hydroxylation is 3. The van der Waals surface area contributed by atoms with Crippen molar-refractivity contribution in [1.29, 1.82) is 0 Å². The molecule has 0 N–H and O–H groups in total. The maximum Gasteiger partial charge on any atom is 0.141 e. The van der Waals surface area contributed by atoms with E-state index in [2.05, 4.69) is 32.2 Å². The Bertz CT molecular complexity index is 882. The zero-order valence-corrected chi connectivity index (χ0v) is 16.1. The summed E-state index contributed by atoms with van der Waals surface area (Å²) in [4.78, 5) is 15.9. The van der Waals surface area contributed by atoms with Crippen molar-refractivity contribution < 1.29 is 4.52 Å². The van der Waals surface area contributed by atoms with Crippen LogP contribution < -0.4 is 0 Å². The van der Waals surface area contributed by atoms with Gasteiger partial charge in [-0.05, 0) is 46.2 Å². The van der Waals surface area contributed by atoms with Gasteiger partial charge >= 0.3 is 0 Å². The van der Waals surface area contributed by atoms with Crippen molar-refractivity contribution >= 4 is 0 Å². The lowest BCUT2D eigenvalue weighted by molar-refractivity contribution is 0.198. The van der Waals surface area contributed by atoms with Gasteiger partial charge in [0.2, 0.25) is 0 Å². The lowest BCUT2D eigenvalue weighted by atomic mass is 9.93. The molecule has 6 heteroatoms. The Morgan fingerprint density at radius 2 is 1.89 bits per heavy atom. The molecule has 3 aromatic heterocycles. The number of aromatic nitrogens is 4. The van der Waals surface area contributed by atoms with E-state index in [4.69, 9.17) is 9.51 Å². The van der Waals surface area contributed by atoms with Crippen LogP contribution in [0, 0.1) is 20.8 Å². The van der Waals surface area contributed by atoms with Gasteiger partial charge in [0.25, 0.3) is 0 Å². The van der Waals surface area contributed by atoms with Crippen LogP contribution in [0.15, 0.2) is 35.2 Å². The van der Waals surface area contributed by atoms with E-state index in [1.807, 2.05) is 39.4 Å². The fourth-order valence-electron chi connectivity index (χ4n) is 3.89. The molecule has 4 rings (SSSR count). The van der Waals surface area contributed by atoms with Crippen LogP contribution in [0.2, 0.25) is 0 Å². The van der Waals surface area contributed by atoms with Crippen LogP contribution in [0.4, 0.5) is 0 Å². The summed E-state index contributed by atoms with van der Waals surface area (Å²) in [6.07, 6.45) is 8.18. The lowest BCUT2D eigenvalue weighted by Crippen LogP contribution is -2.34. The first-order valence-electron chi connectivity index (χ1n) is 9.49. The van der Waals surface area contributed by atoms with Gasteiger partial charge in [0.1, 0.15) is 11.6 Å². The van der Waals surface area contributed by atoms with E-state index >= 15 is 0 Å². The number of nitrogens with zero attached hydrogens (tertiary/aromatic N) is 5. The van der Waals surface area contributed by atoms with Gasteiger partial charge in [-0.2, -0.15) is 0 Å². The lowest BCUT2D eigenvalue weighted by Gasteiger charge is -2.32. The van der Waals surface area contributed by atoms with Crippen molar-refractivity contribution in [3.63, 3.8) is 0 Å². The van der Waals surface area contributed by atoms with Crippen LogP contribution >= 0.6 is 0 Å². The largest absolute Gasteiger partial charge is 0.361 e. The number of piperidine rings is 1. The highest BCUT2D eigenvalue weighted by molar-refractivity contribution is 5.66. The molecular weight excluding hydrogens is 338 g/mol. The van der Waals surface area contributed by atoms with E-state index < -0.39 is 0 Å². The highest BCUT2D eigenvalue weighted by Gasteiger charge is 2.23. The summed E-state index contributed by atoms with van der Waals surface area (Å²) in [5, 5.41) is 4.04. The quantitative estimate of drug-likeness (QED) is 0.702. The molecule has 0 aliphatic carbocycles. The van der Waals surface area contributed by atoms with E-state index in [1.54, 1.807) is 0 Å². The predicted molar refractivity (Wildman–Crippen MR) is 103 cm³/mol. The van der Waals surface area contributed by atoms with Gasteiger partial charge in [-0.1, -0.05) is 11.2 Å². The van der Waals surface area contributed by atoms with Crippen molar-refractivity contribution in [1.82, 2.24) is 25.0 Å². The molecule has 0 unspecified atom stereocenters. The SMILES string of the molecule is Cc1ncc(CN2CCC[C@@H](c3ccc(-c4c(C)noc4C)cn3)C2)cn1. The molecule has 0 bridgehead atoms. The summed E-state index contributed by atoms with van der Waals surface area (Å²) in [6, 6.07) is 4.30. The number of hydrogen-bond acceptors (Lipinski definition) is 6. The minimum Gasteiger partial charge on any atom is -0.361 e. The van der Waals surface area contributed by atoms with Crippen LogP contribution in [0.3, 0.4) is 0 Å². The van der Waals surface area contributed by atoms with E-state index in [0.717, 1.165) is 53.7 Å². The third-order valence-corrected chi connectivity index (χ3v) is 5.27. The van der Waals surface area contributed by atoms with Crippen molar-refractivity contribution in [2.45, 2.75) is 46.1 Å². The molecule has 1 atom stereocenters. The Kier molecular flexibility index (Phi) is 4.99. The number of rotatable bonds is 4. The third-order valence-electron chi connectivity index (χ3n) is 5.27. The summed E-state index contributed by atoms with van der Waals surface area (Å²) in [7, 11) is 0. The second-order valence-electron chi connectivity index (χ2n) is 7.38. The van der Waals surface area contributed by atoms with Gasteiger partial charge in [0.05, 0.1) is 5.69 Å². The predicted octanol–water partition coefficient (Wildman–Crippen LogP) is 3.83. The molecule has 3 aromatic rings. The van der Waals surface area contributed by atoms with Gasteiger partial charge < -0.3 is 4.52 Å². The van der Waals surface area contributed by atoms with E-state index in [1.165, 1.54) is 18.4 Å². The second-order valence-corrected chi connectivity index (χ2v) is 7.38. The van der Waals surface area contributed by atoms with E-state index in [0.29, 0.717) is 5.92 Å². The molecule has 0 aromatic carbocycles. The van der Waals surface area contributed by atoms with Crippen molar-refractivity contribution in [2.24, 2.45) is 0 Å². The van der Waals surface area contributed by atoms with Crippen molar-refractivity contribution in [2.75, 3.05) is 13.1 Å². The Morgan fingerprint density at radius 1 is 1.07 bits per heavy atom. The van der Waals surface area contributed by atoms with Crippen LogP contribution in [0.5, 0.6) is 0 Å². The van der Waals surface area contributed by atoms with Gasteiger partial charge in [-0.25, -0.2) is 9.97 Å². The van der Waals surface area contributed by atoms with Gasteiger partial charge in [-0.3, -0.25) is 9.88 Å². The smallest absolute Gasteiger partial charge is 0.141 e. The molecule has 0 spiro atoms. The maximum absolute atomic E-state index is 5.28. The summed E-state index contributed by atoms with van der Waals surface area (Å²) in [5.41, 5.74) is 5.36. The highest BCUT2D eigenvalue weighted by atomic mass is 16.5. The summed E-state index contributed by atoms with van der Waals surface area (Å²) >= 11 is 0. The summed E-state index contributed by atoms with van der Waals surface area (Å²) < 4.78 is 5.28. The third kappa shape index (κ3) is 3.90. The molecule has 0 amide bonds. The zero-order valence-electron chi connectivity index (χ0n) is 16.1. The molecule has 27 heavy (non-hydrogen) atoms. The molecule has 4 heterocycles. The van der Waals surface area contributed by atoms with Crippen molar-refractivity contribution in [3.8, 4) is 11.1 Å². The van der Waals surface area contributed by atoms with Gasteiger partial charge in [-0.15, -0.1) is 0 Å². The fourth-order valence-corrected chi connectivity index (χ4v) is 3.89. The molecule has 1 fully saturated rings. The Morgan fingerprint density at radius 3 is 2.56 bits per heavy atom. The van der Waals surface area contributed by atoms with Crippen LogP contribution in [-0.4, -0.2) is 38.1 Å². The molecule has 1 saturated heterocycles. The average molecular weight is 363 g/mol. The monoisotopic (exact) mass is 363 g/mol. The van der Waals surface area contributed by atoms with Crippen LogP contribution in [0.25, 0.3) is 11.1 Å². The number of pyridine rings is 1. The topological polar surface area (TPSA) is 67.9 Å². The Balaban J connectivity index is 1.46. The molecule has 1 aliphatic heterocycles. The first-order valence-corrected chi connectivity index (χ1v) is 9.49. The molecule has 0 radical (unpaired) electrons. The number of hydrogen-bond donors (Lipinski definition) is 0. The van der Waals surface area contributed by atoms with Crippen LogP contribution in [0.1, 0.15) is 47.3 Å². The second kappa shape index (κ2) is 7.56. The first kappa shape index (κ1) is 17.8. The maximum atomic E-state index is 5.28. The molecule has 0 saturated carbocycles. The molecular formula is C21H25N5O. The molecule has 140 valence electrons. The van der Waals surface area contributed by atoms with Crippen molar-refractivity contribution in [3.05, 3.63) is 59.3 Å². The highest BCUT2D eigenvalue weighted by Crippen LogP contribution is 2.30. The zero-order chi connectivity index (χ0) is 18.8. The van der Waals surface area contributed by atoms with E-state index in [9.17, 15) is 0 Å². The Hall–Kier alpha value is -2.60. The first-order chi connectivity index (χ1) is 13.1. The summed E-state index contributed by atoms with van der Waals surface area (Å²) in [6.45, 7) is 8.85. The van der Waals surface area contributed by atoms with Crippen LogP contribution in [-0.2, 0) is 6.54 Å². The minimum atomic E-state index is 0.462.